The number of benzene rings is 1. The Bertz CT molecular complexity index is 621. The van der Waals surface area contributed by atoms with Gasteiger partial charge in [0.2, 0.25) is 0 Å². The smallest absolute Gasteiger partial charge is 0.268 e. The Balaban J connectivity index is 1.90. The summed E-state index contributed by atoms with van der Waals surface area (Å²) in [6.07, 6.45) is 4.29. The Hall–Kier alpha value is -2.03. The molecule has 1 amide bonds. The predicted molar refractivity (Wildman–Crippen MR) is 80.8 cm³/mol. The van der Waals surface area contributed by atoms with Crippen molar-refractivity contribution in [2.45, 2.75) is 39.3 Å². The standard InChI is InChI=1S/C17H20N2O/c1-3-19-11-14(13-6-4-12(2)5-7-13)10-16(19)17(20)18-15-8-9-15/h4-7,10-11,15H,3,8-9H2,1-2H3,(H,18,20). The molecule has 1 aliphatic carbocycles. The fraction of sp³-hybridized carbons (Fsp3) is 0.353. The van der Waals surface area contributed by atoms with Crippen molar-refractivity contribution in [2.75, 3.05) is 0 Å². The van der Waals surface area contributed by atoms with Crippen LogP contribution in [-0.2, 0) is 6.54 Å². The third-order valence-corrected chi connectivity index (χ3v) is 3.77. The topological polar surface area (TPSA) is 34.0 Å². The van der Waals surface area contributed by atoms with Gasteiger partial charge in [0.05, 0.1) is 0 Å². The van der Waals surface area contributed by atoms with E-state index in [9.17, 15) is 4.79 Å². The summed E-state index contributed by atoms with van der Waals surface area (Å²) >= 11 is 0. The Kier molecular flexibility index (Phi) is 3.35. The molecule has 0 unspecified atom stereocenters. The molecule has 0 radical (unpaired) electrons. The molecule has 1 aromatic heterocycles. The minimum Gasteiger partial charge on any atom is -0.348 e. The van der Waals surface area contributed by atoms with E-state index in [1.807, 2.05) is 10.6 Å². The number of hydrogen-bond acceptors (Lipinski definition) is 1. The Morgan fingerprint density at radius 1 is 1.25 bits per heavy atom. The number of amides is 1. The van der Waals surface area contributed by atoms with Crippen LogP contribution < -0.4 is 5.32 Å². The molecule has 0 atom stereocenters. The van der Waals surface area contributed by atoms with Gasteiger partial charge in [-0.15, -0.1) is 0 Å². The number of aromatic nitrogens is 1. The van der Waals surface area contributed by atoms with E-state index in [0.29, 0.717) is 6.04 Å². The van der Waals surface area contributed by atoms with Crippen LogP contribution in [0.2, 0.25) is 0 Å². The highest BCUT2D eigenvalue weighted by Crippen LogP contribution is 2.24. The van der Waals surface area contributed by atoms with Crippen LogP contribution in [0, 0.1) is 6.92 Å². The predicted octanol–water partition coefficient (Wildman–Crippen LogP) is 3.38. The van der Waals surface area contributed by atoms with Crippen LogP contribution in [0.1, 0.15) is 35.8 Å². The first-order valence-corrected chi connectivity index (χ1v) is 7.25. The highest BCUT2D eigenvalue weighted by molar-refractivity contribution is 5.94. The Morgan fingerprint density at radius 2 is 1.95 bits per heavy atom. The van der Waals surface area contributed by atoms with Crippen LogP contribution in [0.3, 0.4) is 0 Å². The molecular weight excluding hydrogens is 248 g/mol. The average Bonchev–Trinajstić information content (AvgIpc) is 3.15. The van der Waals surface area contributed by atoms with E-state index in [4.69, 9.17) is 0 Å². The second-order valence-corrected chi connectivity index (χ2v) is 5.51. The van der Waals surface area contributed by atoms with Crippen molar-refractivity contribution in [2.24, 2.45) is 0 Å². The van der Waals surface area contributed by atoms with Gasteiger partial charge in [-0.25, -0.2) is 0 Å². The number of nitrogens with one attached hydrogen (secondary N) is 1. The van der Waals surface area contributed by atoms with Gasteiger partial charge >= 0.3 is 0 Å². The molecule has 1 aromatic carbocycles. The molecule has 1 aliphatic rings. The van der Waals surface area contributed by atoms with Crippen LogP contribution in [-0.4, -0.2) is 16.5 Å². The fourth-order valence-electron chi connectivity index (χ4n) is 2.35. The summed E-state index contributed by atoms with van der Waals surface area (Å²) in [5, 5.41) is 3.06. The monoisotopic (exact) mass is 268 g/mol. The van der Waals surface area contributed by atoms with Gasteiger partial charge in [0.1, 0.15) is 5.69 Å². The maximum atomic E-state index is 12.2. The van der Waals surface area contributed by atoms with Crippen LogP contribution >= 0.6 is 0 Å². The molecule has 1 saturated carbocycles. The molecule has 0 spiro atoms. The summed E-state index contributed by atoms with van der Waals surface area (Å²) < 4.78 is 2.02. The summed E-state index contributed by atoms with van der Waals surface area (Å²) in [6.45, 7) is 4.95. The summed E-state index contributed by atoms with van der Waals surface area (Å²) in [4.78, 5) is 12.2. The van der Waals surface area contributed by atoms with Crippen molar-refractivity contribution in [3.63, 3.8) is 0 Å². The van der Waals surface area contributed by atoms with Crippen molar-refractivity contribution in [1.82, 2.24) is 9.88 Å². The van der Waals surface area contributed by atoms with Crippen molar-refractivity contribution in [3.05, 3.63) is 47.8 Å². The molecule has 3 rings (SSSR count). The van der Waals surface area contributed by atoms with Gasteiger partial charge in [0.25, 0.3) is 5.91 Å². The molecule has 2 aromatic rings. The van der Waals surface area contributed by atoms with Crippen molar-refractivity contribution >= 4 is 5.91 Å². The number of carbonyl (C=O) groups is 1. The van der Waals surface area contributed by atoms with E-state index in [0.717, 1.165) is 36.2 Å². The van der Waals surface area contributed by atoms with Crippen LogP contribution in [0.5, 0.6) is 0 Å². The molecule has 1 N–H and O–H groups in total. The quantitative estimate of drug-likeness (QED) is 0.906. The zero-order valence-corrected chi connectivity index (χ0v) is 12.0. The van der Waals surface area contributed by atoms with E-state index < -0.39 is 0 Å². The van der Waals surface area contributed by atoms with Gasteiger partial charge in [0.15, 0.2) is 0 Å². The van der Waals surface area contributed by atoms with Gasteiger partial charge < -0.3 is 9.88 Å². The van der Waals surface area contributed by atoms with Crippen molar-refractivity contribution in [1.29, 1.82) is 0 Å². The SMILES string of the molecule is CCn1cc(-c2ccc(C)cc2)cc1C(=O)NC1CC1. The Morgan fingerprint density at radius 3 is 2.55 bits per heavy atom. The molecule has 0 aliphatic heterocycles. The van der Waals surface area contributed by atoms with Crippen LogP contribution in [0.4, 0.5) is 0 Å². The second kappa shape index (κ2) is 5.16. The van der Waals surface area contributed by atoms with Gasteiger partial charge in [-0.1, -0.05) is 29.8 Å². The average molecular weight is 268 g/mol. The molecule has 0 saturated heterocycles. The maximum absolute atomic E-state index is 12.2. The van der Waals surface area contributed by atoms with Crippen LogP contribution in [0.25, 0.3) is 11.1 Å². The van der Waals surface area contributed by atoms with Gasteiger partial charge in [-0.05, 0) is 38.3 Å². The van der Waals surface area contributed by atoms with Gasteiger partial charge in [-0.2, -0.15) is 0 Å². The highest BCUT2D eigenvalue weighted by atomic mass is 16.2. The first-order valence-electron chi connectivity index (χ1n) is 7.25. The van der Waals surface area contributed by atoms with E-state index >= 15 is 0 Å². The summed E-state index contributed by atoms with van der Waals surface area (Å²) in [6, 6.07) is 10.8. The van der Waals surface area contributed by atoms with E-state index in [1.165, 1.54) is 5.56 Å². The molecule has 1 heterocycles. The lowest BCUT2D eigenvalue weighted by Crippen LogP contribution is -2.27. The summed E-state index contributed by atoms with van der Waals surface area (Å²) in [5.41, 5.74) is 4.27. The summed E-state index contributed by atoms with van der Waals surface area (Å²) in [5.74, 6) is 0.0488. The molecule has 104 valence electrons. The molecule has 1 fully saturated rings. The number of aryl methyl sites for hydroxylation is 2. The van der Waals surface area contributed by atoms with Crippen molar-refractivity contribution in [3.8, 4) is 11.1 Å². The summed E-state index contributed by atoms with van der Waals surface area (Å²) in [7, 11) is 0. The molecular formula is C17H20N2O. The van der Waals surface area contributed by atoms with Crippen molar-refractivity contribution < 1.29 is 4.79 Å². The van der Waals surface area contributed by atoms with E-state index in [-0.39, 0.29) is 5.91 Å². The Labute approximate surface area is 119 Å². The van der Waals surface area contributed by atoms with Gasteiger partial charge in [-0.3, -0.25) is 4.79 Å². The second-order valence-electron chi connectivity index (χ2n) is 5.51. The zero-order chi connectivity index (χ0) is 14.1. The number of hydrogen-bond donors (Lipinski definition) is 1. The van der Waals surface area contributed by atoms with Gasteiger partial charge in [0, 0.05) is 24.3 Å². The number of rotatable bonds is 4. The lowest BCUT2D eigenvalue weighted by Gasteiger charge is -2.05. The third kappa shape index (κ3) is 2.62. The number of carbonyl (C=O) groups excluding carboxylic acids is 1. The molecule has 0 bridgehead atoms. The molecule has 3 nitrogen and oxygen atoms in total. The fourth-order valence-corrected chi connectivity index (χ4v) is 2.35. The highest BCUT2D eigenvalue weighted by Gasteiger charge is 2.25. The van der Waals surface area contributed by atoms with E-state index in [2.05, 4.69) is 49.6 Å². The van der Waals surface area contributed by atoms with Crippen LogP contribution in [0.15, 0.2) is 36.5 Å². The minimum absolute atomic E-state index is 0.0488. The lowest BCUT2D eigenvalue weighted by molar-refractivity contribution is 0.0942. The maximum Gasteiger partial charge on any atom is 0.268 e. The third-order valence-electron chi connectivity index (χ3n) is 3.77. The largest absolute Gasteiger partial charge is 0.348 e. The zero-order valence-electron chi connectivity index (χ0n) is 12.0. The normalized spacial score (nSPS) is 14.3. The molecule has 3 heteroatoms. The first-order chi connectivity index (χ1) is 9.67. The number of nitrogens with zero attached hydrogens (tertiary/aromatic N) is 1. The molecule has 20 heavy (non-hydrogen) atoms. The van der Waals surface area contributed by atoms with E-state index in [1.54, 1.807) is 0 Å². The first kappa shape index (κ1) is 13.0. The minimum atomic E-state index is 0.0488. The lowest BCUT2D eigenvalue weighted by atomic mass is 10.1.